The van der Waals surface area contributed by atoms with Gasteiger partial charge in [-0.1, -0.05) is 18.9 Å². The number of piperazine rings is 1. The minimum Gasteiger partial charge on any atom is -0.401 e. The van der Waals surface area contributed by atoms with Gasteiger partial charge in [-0.05, 0) is 56.7 Å². The molecule has 2 aliphatic rings. The Labute approximate surface area is 168 Å². The maximum absolute atomic E-state index is 13.3. The summed E-state index contributed by atoms with van der Waals surface area (Å²) in [5.74, 6) is 7.14. The van der Waals surface area contributed by atoms with Gasteiger partial charge in [-0.15, -0.1) is 0 Å². The predicted molar refractivity (Wildman–Crippen MR) is 112 cm³/mol. The van der Waals surface area contributed by atoms with E-state index in [2.05, 4.69) is 14.8 Å². The minimum absolute atomic E-state index is 0.412. The Kier molecular flexibility index (Phi) is 7.91. The minimum atomic E-state index is -0.412. The van der Waals surface area contributed by atoms with Crippen LogP contribution in [0.25, 0.3) is 0 Å². The predicted octanol–water partition coefficient (Wildman–Crippen LogP) is 2.68. The first-order chi connectivity index (χ1) is 13.6. The van der Waals surface area contributed by atoms with E-state index in [9.17, 15) is 4.39 Å². The average molecular weight is 391 g/mol. The zero-order valence-electron chi connectivity index (χ0n) is 16.9. The molecular formula is C21H35FN6. The first kappa shape index (κ1) is 20.9. The topological polar surface area (TPSA) is 74.7 Å². The van der Waals surface area contributed by atoms with Crippen LogP contribution in [0.4, 0.5) is 10.2 Å². The lowest BCUT2D eigenvalue weighted by atomic mass is 10.1. The lowest BCUT2D eigenvalue weighted by Crippen LogP contribution is -2.47. The number of unbranched alkanes of at least 4 members (excludes halogenated alkanes) is 1. The van der Waals surface area contributed by atoms with Gasteiger partial charge in [0.2, 0.25) is 5.95 Å². The van der Waals surface area contributed by atoms with Crippen LogP contribution in [0.2, 0.25) is 0 Å². The summed E-state index contributed by atoms with van der Waals surface area (Å²) in [4.78, 5) is 8.60. The molecule has 0 spiro atoms. The molecule has 0 amide bonds. The molecule has 28 heavy (non-hydrogen) atoms. The molecule has 0 aromatic carbocycles. The van der Waals surface area contributed by atoms with Gasteiger partial charge in [0.15, 0.2) is 0 Å². The van der Waals surface area contributed by atoms with Gasteiger partial charge in [-0.3, -0.25) is 4.90 Å². The second-order valence-corrected chi connectivity index (χ2v) is 8.16. The molecule has 156 valence electrons. The van der Waals surface area contributed by atoms with Crippen LogP contribution >= 0.6 is 0 Å². The maximum Gasteiger partial charge on any atom is 0.214 e. The van der Waals surface area contributed by atoms with Crippen molar-refractivity contribution in [1.29, 1.82) is 0 Å². The molecule has 1 aliphatic heterocycles. The van der Waals surface area contributed by atoms with Gasteiger partial charge in [0.05, 0.1) is 0 Å². The molecule has 1 saturated heterocycles. The fourth-order valence-corrected chi connectivity index (χ4v) is 4.26. The van der Waals surface area contributed by atoms with Crippen molar-refractivity contribution in [3.63, 3.8) is 0 Å². The van der Waals surface area contributed by atoms with E-state index in [0.717, 1.165) is 76.0 Å². The molecular weight excluding hydrogens is 355 g/mol. The summed E-state index contributed by atoms with van der Waals surface area (Å²) < 4.78 is 13.3. The fraction of sp³-hybridized carbons (Fsp3) is 0.667. The second kappa shape index (κ2) is 10.6. The number of nitrogens with zero attached hydrogens (tertiary/aromatic N) is 4. The molecule has 6 nitrogen and oxygen atoms in total. The van der Waals surface area contributed by atoms with Crippen LogP contribution in [0.1, 0.15) is 44.9 Å². The van der Waals surface area contributed by atoms with Gasteiger partial charge in [0, 0.05) is 44.6 Å². The van der Waals surface area contributed by atoms with Gasteiger partial charge in [-0.2, -0.15) is 4.39 Å². The number of rotatable bonds is 9. The molecule has 2 heterocycles. The van der Waals surface area contributed by atoms with Gasteiger partial charge in [0.25, 0.3) is 0 Å². The van der Waals surface area contributed by atoms with E-state index >= 15 is 0 Å². The van der Waals surface area contributed by atoms with Crippen molar-refractivity contribution in [3.05, 3.63) is 36.0 Å². The molecule has 2 fully saturated rings. The second-order valence-electron chi connectivity index (χ2n) is 8.16. The zero-order chi connectivity index (χ0) is 19.8. The summed E-state index contributed by atoms with van der Waals surface area (Å²) in [5, 5.41) is 1.78. The quantitative estimate of drug-likeness (QED) is 0.292. The van der Waals surface area contributed by atoms with Crippen molar-refractivity contribution < 1.29 is 4.39 Å². The average Bonchev–Trinajstić information content (AvgIpc) is 3.18. The standard InChI is InChI=1S/C21H35FN6/c22-20-9-5-10-21(25-20)27-14-12-26(13-15-27)11-4-3-8-19(23)17-28(24)16-18-6-1-2-7-18/h5,9-10,17-18H,1-4,6-8,11-16,23-24H2/b19-17-. The van der Waals surface area contributed by atoms with E-state index in [1.165, 1.54) is 31.7 Å². The van der Waals surface area contributed by atoms with Gasteiger partial charge >= 0.3 is 0 Å². The van der Waals surface area contributed by atoms with E-state index in [-0.39, 0.29) is 0 Å². The summed E-state index contributed by atoms with van der Waals surface area (Å²) in [7, 11) is 0. The number of anilines is 1. The van der Waals surface area contributed by atoms with Crippen LogP contribution in [0.5, 0.6) is 0 Å². The van der Waals surface area contributed by atoms with Gasteiger partial charge in [0.1, 0.15) is 5.82 Å². The summed E-state index contributed by atoms with van der Waals surface area (Å²) in [6.07, 6.45) is 10.3. The van der Waals surface area contributed by atoms with Crippen molar-refractivity contribution in [3.8, 4) is 0 Å². The highest BCUT2D eigenvalue weighted by Gasteiger charge is 2.18. The normalized spacial score (nSPS) is 19.4. The number of aromatic nitrogens is 1. The van der Waals surface area contributed by atoms with Crippen molar-refractivity contribution in [2.45, 2.75) is 44.9 Å². The van der Waals surface area contributed by atoms with Crippen molar-refractivity contribution >= 4 is 5.82 Å². The summed E-state index contributed by atoms with van der Waals surface area (Å²) in [6, 6.07) is 4.98. The molecule has 1 saturated carbocycles. The van der Waals surface area contributed by atoms with Crippen LogP contribution in [-0.4, -0.2) is 54.2 Å². The number of hydrogen-bond acceptors (Lipinski definition) is 6. The van der Waals surface area contributed by atoms with E-state index in [1.54, 1.807) is 11.1 Å². The smallest absolute Gasteiger partial charge is 0.214 e. The van der Waals surface area contributed by atoms with Crippen molar-refractivity contribution in [2.75, 3.05) is 44.2 Å². The lowest BCUT2D eigenvalue weighted by molar-refractivity contribution is 0.252. The van der Waals surface area contributed by atoms with Crippen LogP contribution in [0.15, 0.2) is 30.1 Å². The molecule has 0 unspecified atom stereocenters. The number of nitrogens with two attached hydrogens (primary N) is 2. The first-order valence-electron chi connectivity index (χ1n) is 10.7. The van der Waals surface area contributed by atoms with E-state index in [0.29, 0.717) is 0 Å². The van der Waals surface area contributed by atoms with Crippen molar-refractivity contribution in [1.82, 2.24) is 14.9 Å². The van der Waals surface area contributed by atoms with E-state index in [4.69, 9.17) is 11.6 Å². The molecule has 1 aliphatic carbocycles. The SMILES string of the molecule is N/C(=C\N(N)CC1CCCC1)CCCCN1CCN(c2cccc(F)n2)CC1. The van der Waals surface area contributed by atoms with Crippen LogP contribution in [0, 0.1) is 11.9 Å². The maximum atomic E-state index is 13.3. The van der Waals surface area contributed by atoms with E-state index in [1.807, 2.05) is 12.3 Å². The van der Waals surface area contributed by atoms with Crippen molar-refractivity contribution in [2.24, 2.45) is 17.5 Å². The summed E-state index contributed by atoms with van der Waals surface area (Å²) in [6.45, 7) is 5.75. The van der Waals surface area contributed by atoms with E-state index < -0.39 is 5.95 Å². The Bertz CT molecular complexity index is 623. The van der Waals surface area contributed by atoms with Crippen LogP contribution in [0.3, 0.4) is 0 Å². The Morgan fingerprint density at radius 3 is 2.64 bits per heavy atom. The Hall–Kier alpha value is -1.86. The highest BCUT2D eigenvalue weighted by atomic mass is 19.1. The molecule has 1 aromatic rings. The first-order valence-corrected chi connectivity index (χ1v) is 10.7. The third kappa shape index (κ3) is 6.63. The number of allylic oxidation sites excluding steroid dienone is 1. The molecule has 4 N–H and O–H groups in total. The Morgan fingerprint density at radius 1 is 1.18 bits per heavy atom. The molecule has 0 atom stereocenters. The molecule has 0 radical (unpaired) electrons. The van der Waals surface area contributed by atoms with Crippen LogP contribution < -0.4 is 16.5 Å². The highest BCUT2D eigenvalue weighted by Crippen LogP contribution is 2.25. The molecule has 1 aromatic heterocycles. The van der Waals surface area contributed by atoms with Gasteiger partial charge < -0.3 is 15.6 Å². The number of pyridine rings is 1. The Morgan fingerprint density at radius 2 is 1.93 bits per heavy atom. The number of hydrazine groups is 1. The third-order valence-electron chi connectivity index (χ3n) is 5.86. The highest BCUT2D eigenvalue weighted by molar-refractivity contribution is 5.38. The lowest BCUT2D eigenvalue weighted by Gasteiger charge is -2.35. The third-order valence-corrected chi connectivity index (χ3v) is 5.86. The molecule has 0 bridgehead atoms. The number of hydrogen-bond donors (Lipinski definition) is 2. The monoisotopic (exact) mass is 390 g/mol. The Balaban J connectivity index is 1.29. The summed E-state index contributed by atoms with van der Waals surface area (Å²) >= 11 is 0. The van der Waals surface area contributed by atoms with Crippen LogP contribution in [-0.2, 0) is 0 Å². The molecule has 3 rings (SSSR count). The largest absolute Gasteiger partial charge is 0.401 e. The zero-order valence-corrected chi connectivity index (χ0v) is 16.9. The number of halogens is 1. The van der Waals surface area contributed by atoms with Gasteiger partial charge in [-0.25, -0.2) is 10.8 Å². The summed E-state index contributed by atoms with van der Waals surface area (Å²) in [5.41, 5.74) is 7.02. The fourth-order valence-electron chi connectivity index (χ4n) is 4.26. The molecule has 7 heteroatoms.